The van der Waals surface area contributed by atoms with Gasteiger partial charge in [-0.05, 0) is 20.0 Å². The number of carbonyl (C=O) groups is 1. The largest absolute Gasteiger partial charge is 0.480 e. The fraction of sp³-hybridized carbons (Fsp3) is 0.889. The summed E-state index contributed by atoms with van der Waals surface area (Å²) in [6.45, 7) is 9.18. The highest BCUT2D eigenvalue weighted by Gasteiger charge is 2.07. The fourth-order valence-corrected chi connectivity index (χ4v) is 1.20. The van der Waals surface area contributed by atoms with Crippen LogP contribution in [0, 0.1) is 0 Å². The topological polar surface area (TPSA) is 52.6 Å². The molecule has 2 N–H and O–H groups in total. The predicted octanol–water partition coefficient (Wildman–Crippen LogP) is 0.391. The normalized spacial score (nSPS) is 13.2. The summed E-state index contributed by atoms with van der Waals surface area (Å²) in [5.41, 5.74) is 0. The third-order valence-corrected chi connectivity index (χ3v) is 2.03. The van der Waals surface area contributed by atoms with Gasteiger partial charge in [0.15, 0.2) is 0 Å². The summed E-state index contributed by atoms with van der Waals surface area (Å²) in [4.78, 5) is 12.5. The van der Waals surface area contributed by atoms with Crippen LogP contribution in [0.1, 0.15) is 20.8 Å². The zero-order chi connectivity index (χ0) is 10.3. The van der Waals surface area contributed by atoms with Gasteiger partial charge in [0.1, 0.15) is 0 Å². The molecule has 13 heavy (non-hydrogen) atoms. The molecular formula is C9H20N2O2. The maximum atomic E-state index is 10.3. The highest BCUT2D eigenvalue weighted by atomic mass is 16.4. The SMILES string of the molecule is CCN(CC)CC(C)NCC(=O)O. The molecule has 0 spiro atoms. The second kappa shape index (κ2) is 6.86. The van der Waals surface area contributed by atoms with Gasteiger partial charge in [-0.15, -0.1) is 0 Å². The Kier molecular flexibility index (Phi) is 6.54. The monoisotopic (exact) mass is 188 g/mol. The van der Waals surface area contributed by atoms with E-state index in [0.717, 1.165) is 19.6 Å². The standard InChI is InChI=1S/C9H20N2O2/c1-4-11(5-2)7-8(3)10-6-9(12)13/h8,10H,4-7H2,1-3H3,(H,12,13). The number of carboxylic acids is 1. The first kappa shape index (κ1) is 12.4. The van der Waals surface area contributed by atoms with Crippen LogP contribution >= 0.6 is 0 Å². The lowest BCUT2D eigenvalue weighted by atomic mass is 10.3. The fourth-order valence-electron chi connectivity index (χ4n) is 1.20. The van der Waals surface area contributed by atoms with Crippen LogP contribution in [0.4, 0.5) is 0 Å². The molecule has 0 fully saturated rings. The highest BCUT2D eigenvalue weighted by Crippen LogP contribution is 1.90. The molecule has 1 unspecified atom stereocenters. The molecule has 0 aromatic carbocycles. The van der Waals surface area contributed by atoms with Gasteiger partial charge < -0.3 is 15.3 Å². The molecule has 4 heteroatoms. The third-order valence-electron chi connectivity index (χ3n) is 2.03. The number of hydrogen-bond acceptors (Lipinski definition) is 3. The van der Waals surface area contributed by atoms with E-state index < -0.39 is 5.97 Å². The van der Waals surface area contributed by atoms with Gasteiger partial charge in [-0.1, -0.05) is 13.8 Å². The molecule has 0 amide bonds. The summed E-state index contributed by atoms with van der Waals surface area (Å²) in [5, 5.41) is 11.4. The Bertz CT molecular complexity index is 147. The van der Waals surface area contributed by atoms with Gasteiger partial charge in [0.2, 0.25) is 0 Å². The second-order valence-corrected chi connectivity index (χ2v) is 3.16. The van der Waals surface area contributed by atoms with E-state index in [1.165, 1.54) is 0 Å². The molecule has 1 atom stereocenters. The summed E-state index contributed by atoms with van der Waals surface area (Å²) in [6, 6.07) is 0.232. The molecule has 0 aromatic heterocycles. The van der Waals surface area contributed by atoms with Crippen molar-refractivity contribution in [2.75, 3.05) is 26.2 Å². The van der Waals surface area contributed by atoms with Crippen LogP contribution in [0.25, 0.3) is 0 Å². The van der Waals surface area contributed by atoms with Gasteiger partial charge in [0, 0.05) is 12.6 Å². The Balaban J connectivity index is 3.59. The molecule has 0 saturated heterocycles. The summed E-state index contributed by atoms with van der Waals surface area (Å²) in [7, 11) is 0. The van der Waals surface area contributed by atoms with E-state index in [4.69, 9.17) is 5.11 Å². The lowest BCUT2D eigenvalue weighted by molar-refractivity contribution is -0.136. The van der Waals surface area contributed by atoms with Gasteiger partial charge in [0.25, 0.3) is 0 Å². The van der Waals surface area contributed by atoms with Crippen molar-refractivity contribution in [2.24, 2.45) is 0 Å². The van der Waals surface area contributed by atoms with E-state index in [-0.39, 0.29) is 12.6 Å². The zero-order valence-electron chi connectivity index (χ0n) is 8.71. The molecule has 0 bridgehead atoms. The van der Waals surface area contributed by atoms with E-state index in [0.29, 0.717) is 0 Å². The third kappa shape index (κ3) is 6.54. The van der Waals surface area contributed by atoms with Crippen LogP contribution in [0.2, 0.25) is 0 Å². The lowest BCUT2D eigenvalue weighted by Gasteiger charge is -2.22. The molecule has 0 radical (unpaired) electrons. The van der Waals surface area contributed by atoms with Crippen LogP contribution in [-0.2, 0) is 4.79 Å². The first-order valence-electron chi connectivity index (χ1n) is 4.77. The van der Waals surface area contributed by atoms with Gasteiger partial charge in [-0.3, -0.25) is 4.79 Å². The van der Waals surface area contributed by atoms with Crippen molar-refractivity contribution in [3.63, 3.8) is 0 Å². The average molecular weight is 188 g/mol. The molecule has 0 rings (SSSR count). The Morgan fingerprint density at radius 1 is 1.46 bits per heavy atom. The van der Waals surface area contributed by atoms with Crippen LogP contribution in [0.15, 0.2) is 0 Å². The molecule has 0 heterocycles. The molecule has 0 aliphatic rings. The molecule has 4 nitrogen and oxygen atoms in total. The van der Waals surface area contributed by atoms with Crippen molar-refractivity contribution in [2.45, 2.75) is 26.8 Å². The Morgan fingerprint density at radius 3 is 2.38 bits per heavy atom. The average Bonchev–Trinajstić information content (AvgIpc) is 2.10. The van der Waals surface area contributed by atoms with Crippen LogP contribution in [0.3, 0.4) is 0 Å². The van der Waals surface area contributed by atoms with E-state index in [1.807, 2.05) is 6.92 Å². The van der Waals surface area contributed by atoms with Crippen molar-refractivity contribution < 1.29 is 9.90 Å². The summed E-state index contributed by atoms with van der Waals surface area (Å²) in [5.74, 6) is -0.800. The predicted molar refractivity (Wildman–Crippen MR) is 52.9 cm³/mol. The quantitative estimate of drug-likeness (QED) is 0.607. The van der Waals surface area contributed by atoms with Crippen molar-refractivity contribution in [3.05, 3.63) is 0 Å². The minimum Gasteiger partial charge on any atom is -0.480 e. The van der Waals surface area contributed by atoms with Crippen molar-refractivity contribution in [3.8, 4) is 0 Å². The Hall–Kier alpha value is -0.610. The van der Waals surface area contributed by atoms with E-state index in [9.17, 15) is 4.79 Å². The number of carboxylic acid groups (broad SMARTS) is 1. The smallest absolute Gasteiger partial charge is 0.317 e. The summed E-state index contributed by atoms with van der Waals surface area (Å²) >= 11 is 0. The van der Waals surface area contributed by atoms with Crippen LogP contribution in [-0.4, -0.2) is 48.2 Å². The van der Waals surface area contributed by atoms with Gasteiger partial charge in [-0.25, -0.2) is 0 Å². The van der Waals surface area contributed by atoms with Crippen LogP contribution in [0.5, 0.6) is 0 Å². The maximum absolute atomic E-state index is 10.3. The Labute approximate surface area is 79.9 Å². The van der Waals surface area contributed by atoms with Crippen molar-refractivity contribution in [1.29, 1.82) is 0 Å². The minimum absolute atomic E-state index is 0.0441. The molecule has 0 aliphatic carbocycles. The summed E-state index contributed by atoms with van der Waals surface area (Å²) in [6.07, 6.45) is 0. The zero-order valence-corrected chi connectivity index (χ0v) is 8.71. The molecule has 0 saturated carbocycles. The maximum Gasteiger partial charge on any atom is 0.317 e. The molecule has 0 aromatic rings. The first-order valence-corrected chi connectivity index (χ1v) is 4.77. The number of hydrogen-bond donors (Lipinski definition) is 2. The van der Waals surface area contributed by atoms with Crippen molar-refractivity contribution >= 4 is 5.97 Å². The van der Waals surface area contributed by atoms with E-state index in [2.05, 4.69) is 24.1 Å². The number of likely N-dealkylation sites (N-methyl/N-ethyl adjacent to an activating group) is 1. The first-order chi connectivity index (χ1) is 6.10. The van der Waals surface area contributed by atoms with Gasteiger partial charge in [-0.2, -0.15) is 0 Å². The summed E-state index contributed by atoms with van der Waals surface area (Å²) < 4.78 is 0. The van der Waals surface area contributed by atoms with Crippen molar-refractivity contribution in [1.82, 2.24) is 10.2 Å². The van der Waals surface area contributed by atoms with Gasteiger partial charge >= 0.3 is 5.97 Å². The number of rotatable bonds is 7. The lowest BCUT2D eigenvalue weighted by Crippen LogP contribution is -2.41. The molecule has 78 valence electrons. The number of aliphatic carboxylic acids is 1. The van der Waals surface area contributed by atoms with E-state index >= 15 is 0 Å². The van der Waals surface area contributed by atoms with E-state index in [1.54, 1.807) is 0 Å². The minimum atomic E-state index is -0.800. The highest BCUT2D eigenvalue weighted by molar-refractivity contribution is 5.69. The Morgan fingerprint density at radius 2 is 2.00 bits per heavy atom. The van der Waals surface area contributed by atoms with Gasteiger partial charge in [0.05, 0.1) is 6.54 Å². The number of nitrogens with one attached hydrogen (secondary N) is 1. The number of nitrogens with zero attached hydrogens (tertiary/aromatic N) is 1. The molecule has 0 aliphatic heterocycles. The second-order valence-electron chi connectivity index (χ2n) is 3.16. The van der Waals surface area contributed by atoms with Crippen LogP contribution < -0.4 is 5.32 Å². The molecular weight excluding hydrogens is 168 g/mol.